The number of benzene rings is 1. The first-order chi connectivity index (χ1) is 13.4. The van der Waals surface area contributed by atoms with Crippen molar-refractivity contribution in [1.82, 2.24) is 20.4 Å². The molecule has 4 amide bonds. The van der Waals surface area contributed by atoms with Gasteiger partial charge in [0.15, 0.2) is 0 Å². The first-order valence-corrected chi connectivity index (χ1v) is 9.45. The third-order valence-corrected chi connectivity index (χ3v) is 5.45. The average Bonchev–Trinajstić information content (AvgIpc) is 2.91. The lowest BCUT2D eigenvalue weighted by Gasteiger charge is -2.31. The van der Waals surface area contributed by atoms with Gasteiger partial charge in [-0.25, -0.2) is 0 Å². The van der Waals surface area contributed by atoms with E-state index in [0.717, 1.165) is 30.2 Å². The summed E-state index contributed by atoms with van der Waals surface area (Å²) >= 11 is 0. The molecule has 0 saturated carbocycles. The summed E-state index contributed by atoms with van der Waals surface area (Å²) < 4.78 is 0. The van der Waals surface area contributed by atoms with Crippen molar-refractivity contribution in [3.8, 4) is 0 Å². The zero-order valence-corrected chi connectivity index (χ0v) is 15.7. The Hall–Kier alpha value is -2.78. The van der Waals surface area contributed by atoms with Crippen LogP contribution in [0, 0.1) is 0 Å². The molecule has 3 aliphatic rings. The largest absolute Gasteiger partial charge is 0.383 e. The second-order valence-electron chi connectivity index (χ2n) is 7.50. The Morgan fingerprint density at radius 2 is 1.93 bits per heavy atom. The van der Waals surface area contributed by atoms with Gasteiger partial charge in [-0.1, -0.05) is 0 Å². The van der Waals surface area contributed by atoms with Crippen molar-refractivity contribution < 1.29 is 19.2 Å². The molecule has 2 fully saturated rings. The second-order valence-corrected chi connectivity index (χ2v) is 7.50. The standard InChI is InChI=1S/C19H23N5O4/c1-23-7-6-20-12(10-23)9-21-11-2-3-13-14(8-11)19(28)24(18(13)27)15-4-5-16(25)22-17(15)26/h2-3,8,12,15,20-21H,4-7,9-10H2,1H3,(H,22,25,26). The van der Waals surface area contributed by atoms with Crippen molar-refractivity contribution in [1.29, 1.82) is 0 Å². The summed E-state index contributed by atoms with van der Waals surface area (Å²) in [5.41, 5.74) is 1.32. The number of anilines is 1. The van der Waals surface area contributed by atoms with E-state index in [1.165, 1.54) is 0 Å². The highest BCUT2D eigenvalue weighted by Gasteiger charge is 2.44. The predicted molar refractivity (Wildman–Crippen MR) is 101 cm³/mol. The number of piperazine rings is 1. The van der Waals surface area contributed by atoms with E-state index in [0.29, 0.717) is 12.6 Å². The van der Waals surface area contributed by atoms with Crippen LogP contribution in [0.1, 0.15) is 33.6 Å². The van der Waals surface area contributed by atoms with Crippen LogP contribution in [-0.2, 0) is 9.59 Å². The fraction of sp³-hybridized carbons (Fsp3) is 0.474. The molecule has 0 aliphatic carbocycles. The Morgan fingerprint density at radius 1 is 1.14 bits per heavy atom. The Kier molecular flexibility index (Phi) is 4.86. The van der Waals surface area contributed by atoms with Crippen molar-refractivity contribution in [3.05, 3.63) is 29.3 Å². The second kappa shape index (κ2) is 7.33. The van der Waals surface area contributed by atoms with Crippen LogP contribution in [0.3, 0.4) is 0 Å². The monoisotopic (exact) mass is 385 g/mol. The summed E-state index contributed by atoms with van der Waals surface area (Å²) in [7, 11) is 2.08. The van der Waals surface area contributed by atoms with Crippen LogP contribution in [0.4, 0.5) is 5.69 Å². The number of hydrogen-bond donors (Lipinski definition) is 3. The molecule has 0 spiro atoms. The number of nitrogens with one attached hydrogen (secondary N) is 3. The third-order valence-electron chi connectivity index (χ3n) is 5.45. The van der Waals surface area contributed by atoms with Crippen molar-refractivity contribution in [2.75, 3.05) is 38.5 Å². The maximum Gasteiger partial charge on any atom is 0.262 e. The van der Waals surface area contributed by atoms with Gasteiger partial charge in [-0.3, -0.25) is 29.4 Å². The summed E-state index contributed by atoms with van der Waals surface area (Å²) in [4.78, 5) is 52.2. The number of carbonyl (C=O) groups is 4. The Morgan fingerprint density at radius 3 is 2.68 bits per heavy atom. The molecule has 3 heterocycles. The van der Waals surface area contributed by atoms with Gasteiger partial charge in [0.25, 0.3) is 11.8 Å². The number of rotatable bonds is 4. The van der Waals surface area contributed by atoms with Gasteiger partial charge >= 0.3 is 0 Å². The Balaban J connectivity index is 1.48. The zero-order valence-electron chi connectivity index (χ0n) is 15.7. The molecule has 148 valence electrons. The minimum Gasteiger partial charge on any atom is -0.383 e. The third kappa shape index (κ3) is 3.38. The highest BCUT2D eigenvalue weighted by molar-refractivity contribution is 6.23. The van der Waals surface area contributed by atoms with Gasteiger partial charge in [0, 0.05) is 44.3 Å². The molecule has 2 unspecified atom stereocenters. The molecule has 2 saturated heterocycles. The maximum atomic E-state index is 12.8. The first kappa shape index (κ1) is 18.6. The van der Waals surface area contributed by atoms with E-state index in [-0.39, 0.29) is 29.9 Å². The van der Waals surface area contributed by atoms with Crippen molar-refractivity contribution >= 4 is 29.3 Å². The van der Waals surface area contributed by atoms with Gasteiger partial charge in [-0.2, -0.15) is 0 Å². The molecule has 2 atom stereocenters. The van der Waals surface area contributed by atoms with Gasteiger partial charge in [0.1, 0.15) is 6.04 Å². The van der Waals surface area contributed by atoms with Crippen LogP contribution in [0.2, 0.25) is 0 Å². The van der Waals surface area contributed by atoms with E-state index in [1.807, 2.05) is 0 Å². The van der Waals surface area contributed by atoms with E-state index in [4.69, 9.17) is 0 Å². The number of imide groups is 2. The van der Waals surface area contributed by atoms with Gasteiger partial charge in [-0.05, 0) is 31.7 Å². The van der Waals surface area contributed by atoms with Crippen LogP contribution in [0.25, 0.3) is 0 Å². The molecular weight excluding hydrogens is 362 g/mol. The average molecular weight is 385 g/mol. The number of fused-ring (bicyclic) bond motifs is 1. The molecule has 0 bridgehead atoms. The smallest absolute Gasteiger partial charge is 0.262 e. The van der Waals surface area contributed by atoms with E-state index >= 15 is 0 Å². The van der Waals surface area contributed by atoms with Gasteiger partial charge < -0.3 is 15.5 Å². The lowest BCUT2D eigenvalue weighted by molar-refractivity contribution is -0.136. The molecule has 9 heteroatoms. The van der Waals surface area contributed by atoms with E-state index < -0.39 is 23.8 Å². The molecule has 3 N–H and O–H groups in total. The molecule has 3 aliphatic heterocycles. The van der Waals surface area contributed by atoms with Crippen molar-refractivity contribution in [3.63, 3.8) is 0 Å². The summed E-state index contributed by atoms with van der Waals surface area (Å²) in [5.74, 6) is -1.96. The van der Waals surface area contributed by atoms with Crippen molar-refractivity contribution in [2.24, 2.45) is 0 Å². The molecule has 0 aromatic heterocycles. The van der Waals surface area contributed by atoms with Crippen molar-refractivity contribution in [2.45, 2.75) is 24.9 Å². The van der Waals surface area contributed by atoms with Gasteiger partial charge in [0.05, 0.1) is 11.1 Å². The maximum absolute atomic E-state index is 12.8. The molecule has 4 rings (SSSR count). The molecule has 1 aromatic rings. The SMILES string of the molecule is CN1CCNC(CNc2ccc3c(c2)C(=O)N(C2CCC(=O)NC2=O)C3=O)C1. The van der Waals surface area contributed by atoms with E-state index in [2.05, 4.69) is 27.9 Å². The molecule has 9 nitrogen and oxygen atoms in total. The lowest BCUT2D eigenvalue weighted by Crippen LogP contribution is -2.54. The molecule has 0 radical (unpaired) electrons. The minimum absolute atomic E-state index is 0.111. The highest BCUT2D eigenvalue weighted by atomic mass is 16.2. The normalized spacial score (nSPS) is 25.7. The number of nitrogens with zero attached hydrogens (tertiary/aromatic N) is 2. The predicted octanol–water partition coefficient (Wildman–Crippen LogP) is -0.597. The number of likely N-dealkylation sites (N-methyl/N-ethyl adjacent to an activating group) is 1. The summed E-state index contributed by atoms with van der Waals surface area (Å²) in [6.07, 6.45) is 0.265. The fourth-order valence-electron chi connectivity index (χ4n) is 3.95. The number of carbonyl (C=O) groups excluding carboxylic acids is 4. The van der Waals surface area contributed by atoms with E-state index in [9.17, 15) is 19.2 Å². The van der Waals surface area contributed by atoms with Crippen LogP contribution in [-0.4, -0.2) is 78.7 Å². The van der Waals surface area contributed by atoms with E-state index in [1.54, 1.807) is 18.2 Å². The lowest BCUT2D eigenvalue weighted by atomic mass is 10.0. The Labute approximate surface area is 162 Å². The fourth-order valence-corrected chi connectivity index (χ4v) is 3.95. The molecule has 28 heavy (non-hydrogen) atoms. The van der Waals surface area contributed by atoms with Crippen LogP contribution >= 0.6 is 0 Å². The van der Waals surface area contributed by atoms with Crippen LogP contribution in [0.15, 0.2) is 18.2 Å². The number of hydrogen-bond acceptors (Lipinski definition) is 7. The number of piperidine rings is 1. The Bertz CT molecular complexity index is 855. The van der Waals surface area contributed by atoms with Gasteiger partial charge in [-0.15, -0.1) is 0 Å². The summed E-state index contributed by atoms with van der Waals surface area (Å²) in [6.45, 7) is 3.57. The summed E-state index contributed by atoms with van der Waals surface area (Å²) in [5, 5.41) is 8.95. The summed E-state index contributed by atoms with van der Waals surface area (Å²) in [6, 6.07) is 4.40. The number of amides is 4. The quantitative estimate of drug-likeness (QED) is 0.594. The van der Waals surface area contributed by atoms with Crippen LogP contribution < -0.4 is 16.0 Å². The van der Waals surface area contributed by atoms with Crippen LogP contribution in [0.5, 0.6) is 0 Å². The highest BCUT2D eigenvalue weighted by Crippen LogP contribution is 2.29. The topological polar surface area (TPSA) is 111 Å². The minimum atomic E-state index is -0.941. The molecule has 1 aromatic carbocycles. The van der Waals surface area contributed by atoms with Gasteiger partial charge in [0.2, 0.25) is 11.8 Å². The zero-order chi connectivity index (χ0) is 19.8. The molecular formula is C19H23N5O4. The first-order valence-electron chi connectivity index (χ1n) is 9.45.